The van der Waals surface area contributed by atoms with Crippen molar-refractivity contribution in [1.29, 1.82) is 0 Å². The minimum Gasteiger partial charge on any atom is -0.504 e. The van der Waals surface area contributed by atoms with Crippen LogP contribution < -0.4 is 4.74 Å². The summed E-state index contributed by atoms with van der Waals surface area (Å²) in [5.74, 6) is -0.798. The Bertz CT molecular complexity index is 856. The first-order valence-electron chi connectivity index (χ1n) is 8.69. The number of phenols is 1. The number of aromatic hydroxyl groups is 1. The van der Waals surface area contributed by atoms with E-state index < -0.39 is 18.0 Å². The molecule has 0 aromatic heterocycles. The Kier molecular flexibility index (Phi) is 5.76. The molecule has 1 saturated heterocycles. The summed E-state index contributed by atoms with van der Waals surface area (Å²) in [5, 5.41) is 9.86. The lowest BCUT2D eigenvalue weighted by molar-refractivity contribution is -0.156. The van der Waals surface area contributed by atoms with Gasteiger partial charge in [0.1, 0.15) is 0 Å². The van der Waals surface area contributed by atoms with Crippen LogP contribution in [0.3, 0.4) is 0 Å². The van der Waals surface area contributed by atoms with Crippen LogP contribution in [0.4, 0.5) is 0 Å². The van der Waals surface area contributed by atoms with Crippen LogP contribution in [0.5, 0.6) is 11.5 Å². The lowest BCUT2D eigenvalue weighted by Gasteiger charge is -2.12. The fraction of sp³-hybridized carbons (Fsp3) is 0.238. The van der Waals surface area contributed by atoms with E-state index in [0.29, 0.717) is 35.5 Å². The highest BCUT2D eigenvalue weighted by Crippen LogP contribution is 2.29. The van der Waals surface area contributed by atoms with Crippen LogP contribution in [0.1, 0.15) is 24.5 Å². The lowest BCUT2D eigenvalue weighted by Crippen LogP contribution is -2.23. The second-order valence-corrected chi connectivity index (χ2v) is 5.93. The molecule has 1 N–H and O–H groups in total. The van der Waals surface area contributed by atoms with E-state index in [1.54, 1.807) is 30.3 Å². The molecule has 6 heteroatoms. The first-order valence-corrected chi connectivity index (χ1v) is 8.69. The third kappa shape index (κ3) is 4.47. The molecule has 0 radical (unpaired) electrons. The molecule has 1 heterocycles. The summed E-state index contributed by atoms with van der Waals surface area (Å²) >= 11 is 0. The van der Waals surface area contributed by atoms with Crippen molar-refractivity contribution in [3.63, 3.8) is 0 Å². The highest BCUT2D eigenvalue weighted by atomic mass is 16.6. The Labute approximate surface area is 157 Å². The van der Waals surface area contributed by atoms with Crippen LogP contribution in [0.2, 0.25) is 0 Å². The first kappa shape index (κ1) is 18.5. The first-order chi connectivity index (χ1) is 13.1. The van der Waals surface area contributed by atoms with Crippen LogP contribution in [-0.2, 0) is 19.1 Å². The van der Waals surface area contributed by atoms with Gasteiger partial charge in [-0.05, 0) is 36.3 Å². The van der Waals surface area contributed by atoms with E-state index in [-0.39, 0.29) is 12.4 Å². The van der Waals surface area contributed by atoms with Gasteiger partial charge in [0.25, 0.3) is 0 Å². The Morgan fingerprint density at radius 3 is 2.70 bits per heavy atom. The third-order valence-corrected chi connectivity index (χ3v) is 4.04. The topological polar surface area (TPSA) is 82.1 Å². The number of hydrogen-bond acceptors (Lipinski definition) is 6. The van der Waals surface area contributed by atoms with Crippen LogP contribution in [-0.4, -0.2) is 36.4 Å². The second kappa shape index (κ2) is 8.40. The van der Waals surface area contributed by atoms with Crippen molar-refractivity contribution in [1.82, 2.24) is 0 Å². The van der Waals surface area contributed by atoms with Crippen molar-refractivity contribution in [2.45, 2.75) is 19.4 Å². The molecule has 0 spiro atoms. The highest BCUT2D eigenvalue weighted by Gasteiger charge is 2.31. The van der Waals surface area contributed by atoms with Crippen LogP contribution in [0.25, 0.3) is 11.6 Å². The second-order valence-electron chi connectivity index (χ2n) is 5.93. The van der Waals surface area contributed by atoms with Gasteiger partial charge in [-0.25, -0.2) is 9.59 Å². The maximum atomic E-state index is 12.7. The predicted molar refractivity (Wildman–Crippen MR) is 99.0 cm³/mol. The van der Waals surface area contributed by atoms with Gasteiger partial charge in [-0.1, -0.05) is 36.4 Å². The molecule has 0 unspecified atom stereocenters. The number of phenolic OH excluding ortho intramolecular Hbond substituents is 1. The molecule has 3 rings (SSSR count). The molecule has 27 heavy (non-hydrogen) atoms. The average Bonchev–Trinajstić information content (AvgIpc) is 3.07. The minimum atomic E-state index is -0.886. The number of carbonyl (C=O) groups excluding carboxylic acids is 2. The Hall–Kier alpha value is -3.28. The van der Waals surface area contributed by atoms with E-state index in [9.17, 15) is 14.7 Å². The smallest absolute Gasteiger partial charge is 0.347 e. The van der Waals surface area contributed by atoms with Crippen molar-refractivity contribution in [2.75, 3.05) is 13.2 Å². The van der Waals surface area contributed by atoms with Crippen molar-refractivity contribution in [3.05, 3.63) is 59.7 Å². The fourth-order valence-corrected chi connectivity index (χ4v) is 2.71. The van der Waals surface area contributed by atoms with Gasteiger partial charge in [-0.15, -0.1) is 0 Å². The molecule has 0 saturated carbocycles. The molecular weight excluding hydrogens is 348 g/mol. The molecule has 1 atom stereocenters. The summed E-state index contributed by atoms with van der Waals surface area (Å²) < 4.78 is 15.6. The number of benzene rings is 2. The molecular formula is C21H20O6. The Morgan fingerprint density at radius 2 is 2.04 bits per heavy atom. The van der Waals surface area contributed by atoms with E-state index in [0.717, 1.165) is 0 Å². The predicted octanol–water partition coefficient (Wildman–Crippen LogP) is 3.19. The van der Waals surface area contributed by atoms with Crippen molar-refractivity contribution in [2.24, 2.45) is 0 Å². The van der Waals surface area contributed by atoms with Crippen LogP contribution in [0, 0.1) is 0 Å². The summed E-state index contributed by atoms with van der Waals surface area (Å²) in [5.41, 5.74) is 1.60. The van der Waals surface area contributed by atoms with Gasteiger partial charge in [0.05, 0.1) is 18.8 Å². The molecule has 0 aliphatic carbocycles. The van der Waals surface area contributed by atoms with Gasteiger partial charge in [0.2, 0.25) is 6.10 Å². The zero-order chi connectivity index (χ0) is 19.2. The molecule has 0 bridgehead atoms. The number of cyclic esters (lactones) is 1. The lowest BCUT2D eigenvalue weighted by atomic mass is 10.0. The van der Waals surface area contributed by atoms with Gasteiger partial charge in [0, 0.05) is 6.42 Å². The number of esters is 2. The van der Waals surface area contributed by atoms with Crippen molar-refractivity contribution in [3.8, 4) is 11.5 Å². The number of carbonyl (C=O) groups is 2. The molecule has 1 aliphatic rings. The van der Waals surface area contributed by atoms with Gasteiger partial charge < -0.3 is 19.3 Å². The summed E-state index contributed by atoms with van der Waals surface area (Å²) in [7, 11) is 0. The summed E-state index contributed by atoms with van der Waals surface area (Å²) in [6, 6.07) is 13.8. The molecule has 6 nitrogen and oxygen atoms in total. The molecule has 140 valence electrons. The molecule has 2 aromatic rings. The maximum Gasteiger partial charge on any atom is 0.347 e. The molecule has 1 aliphatic heterocycles. The van der Waals surface area contributed by atoms with Crippen LogP contribution in [0.15, 0.2) is 48.5 Å². The summed E-state index contributed by atoms with van der Waals surface area (Å²) in [4.78, 5) is 24.4. The quantitative estimate of drug-likeness (QED) is 0.479. The zero-order valence-electron chi connectivity index (χ0n) is 14.9. The van der Waals surface area contributed by atoms with Crippen molar-refractivity contribution < 1.29 is 28.9 Å². The zero-order valence-corrected chi connectivity index (χ0v) is 14.9. The van der Waals surface area contributed by atoms with Crippen molar-refractivity contribution >= 4 is 23.6 Å². The Morgan fingerprint density at radius 1 is 1.26 bits per heavy atom. The average molecular weight is 368 g/mol. The largest absolute Gasteiger partial charge is 0.504 e. The fourth-order valence-electron chi connectivity index (χ4n) is 2.71. The third-order valence-electron chi connectivity index (χ3n) is 4.04. The molecule has 2 aromatic carbocycles. The Balaban J connectivity index is 1.95. The normalized spacial score (nSPS) is 16.7. The molecule has 1 fully saturated rings. The van der Waals surface area contributed by atoms with Gasteiger partial charge >= 0.3 is 11.9 Å². The number of rotatable bonds is 6. The number of ether oxygens (including phenoxy) is 3. The SMILES string of the molecule is CCOc1cc(/C=C(/C(=O)O[C@H]2CCOC2=O)c2ccccc2)ccc1O. The van der Waals surface area contributed by atoms with E-state index in [1.807, 2.05) is 25.1 Å². The highest BCUT2D eigenvalue weighted by molar-refractivity contribution is 6.22. The molecule has 0 amide bonds. The summed E-state index contributed by atoms with van der Waals surface area (Å²) in [6.45, 7) is 2.46. The number of hydrogen-bond donors (Lipinski definition) is 1. The monoisotopic (exact) mass is 368 g/mol. The van der Waals surface area contributed by atoms with E-state index in [4.69, 9.17) is 14.2 Å². The standard InChI is InChI=1S/C21H20O6/c1-2-25-19-13-14(8-9-17(19)22)12-16(15-6-4-3-5-7-15)20(23)27-18-10-11-26-21(18)24/h3-9,12-13,18,22H,2,10-11H2,1H3/b16-12+/t18-/m0/s1. The minimum absolute atomic E-state index is 0.0199. The van der Waals surface area contributed by atoms with Gasteiger partial charge in [-0.2, -0.15) is 0 Å². The summed E-state index contributed by atoms with van der Waals surface area (Å²) in [6.07, 6.45) is 1.10. The van der Waals surface area contributed by atoms with Gasteiger partial charge in [-0.3, -0.25) is 0 Å². The van der Waals surface area contributed by atoms with E-state index >= 15 is 0 Å². The van der Waals surface area contributed by atoms with E-state index in [2.05, 4.69) is 0 Å². The van der Waals surface area contributed by atoms with E-state index in [1.165, 1.54) is 6.07 Å². The van der Waals surface area contributed by atoms with Gasteiger partial charge in [0.15, 0.2) is 11.5 Å². The maximum absolute atomic E-state index is 12.7. The van der Waals surface area contributed by atoms with Crippen LogP contribution >= 0.6 is 0 Å².